The summed E-state index contributed by atoms with van der Waals surface area (Å²) in [5.41, 5.74) is 3.01. The highest BCUT2D eigenvalue weighted by molar-refractivity contribution is 6.52. The van der Waals surface area contributed by atoms with Crippen molar-refractivity contribution in [1.29, 1.82) is 0 Å². The van der Waals surface area contributed by atoms with E-state index >= 15 is 0 Å². The van der Waals surface area contributed by atoms with Crippen molar-refractivity contribution in [3.8, 4) is 0 Å². The average Bonchev–Trinajstić information content (AvgIpc) is 3.01. The number of carbonyl (C=O) groups is 5. The Morgan fingerprint density at radius 2 is 1.56 bits per heavy atom. The van der Waals surface area contributed by atoms with Crippen molar-refractivity contribution in [2.75, 3.05) is 6.54 Å². The minimum absolute atomic E-state index is 0.156. The fourth-order valence-corrected chi connectivity index (χ4v) is 8.35. The molecule has 0 radical (unpaired) electrons. The van der Waals surface area contributed by atoms with Crippen molar-refractivity contribution in [3.63, 3.8) is 0 Å². The zero-order chi connectivity index (χ0) is 30.8. The van der Waals surface area contributed by atoms with E-state index in [0.717, 1.165) is 38.5 Å². The van der Waals surface area contributed by atoms with Gasteiger partial charge in [0.1, 0.15) is 16.4 Å². The fourth-order valence-electron chi connectivity index (χ4n) is 7.07. The largest absolute Gasteiger partial charge is 0.363 e. The number of hydrogen-bond donors (Lipinski definition) is 4. The van der Waals surface area contributed by atoms with Crippen molar-refractivity contribution in [2.24, 2.45) is 27.9 Å². The Morgan fingerprint density at radius 3 is 1.98 bits per heavy atom. The molecule has 4 aliphatic rings. The SMILES string of the molecule is CC(C)(C)NC(=O)N[C@H](C(=O)N1C[C@]2(C[C@H]1C(=O)NC(CC1CCC1)C(=O)C(N)=O)C(Cl)(Cl)C21CCC1)C(C)(C)C. The van der Waals surface area contributed by atoms with E-state index in [1.54, 1.807) is 0 Å². The number of rotatable bonds is 8. The Labute approximate surface area is 252 Å². The van der Waals surface area contributed by atoms with Crippen LogP contribution in [-0.4, -0.2) is 69.0 Å². The van der Waals surface area contributed by atoms with E-state index < -0.39 is 68.4 Å². The molecule has 5 N–H and O–H groups in total. The molecule has 1 unspecified atom stereocenters. The second-order valence-electron chi connectivity index (χ2n) is 14.7. The monoisotopic (exact) mass is 613 g/mol. The summed E-state index contributed by atoms with van der Waals surface area (Å²) >= 11 is 13.8. The van der Waals surface area contributed by atoms with E-state index in [1.807, 2.05) is 41.5 Å². The van der Waals surface area contributed by atoms with Gasteiger partial charge in [-0.2, -0.15) is 0 Å². The van der Waals surface area contributed by atoms with Crippen LogP contribution in [-0.2, 0) is 19.2 Å². The number of likely N-dealkylation sites (tertiary alicyclic amines) is 1. The molecular weight excluding hydrogens is 569 g/mol. The summed E-state index contributed by atoms with van der Waals surface area (Å²) in [5.74, 6) is -2.72. The van der Waals surface area contributed by atoms with Crippen LogP contribution in [0, 0.1) is 22.2 Å². The molecule has 4 fully saturated rings. The second kappa shape index (κ2) is 10.6. The van der Waals surface area contributed by atoms with E-state index in [0.29, 0.717) is 6.42 Å². The van der Waals surface area contributed by atoms with Gasteiger partial charge in [-0.15, -0.1) is 23.2 Å². The first-order valence-electron chi connectivity index (χ1n) is 14.7. The van der Waals surface area contributed by atoms with Gasteiger partial charge in [0, 0.05) is 22.9 Å². The Hall–Kier alpha value is -2.07. The maximum absolute atomic E-state index is 14.3. The first-order valence-corrected chi connectivity index (χ1v) is 15.4. The van der Waals surface area contributed by atoms with Crippen LogP contribution < -0.4 is 21.7 Å². The lowest BCUT2D eigenvalue weighted by Gasteiger charge is -2.36. The van der Waals surface area contributed by atoms with Crippen LogP contribution in [0.1, 0.15) is 92.9 Å². The first-order chi connectivity index (χ1) is 18.8. The van der Waals surface area contributed by atoms with Crippen LogP contribution in [0.3, 0.4) is 0 Å². The molecule has 0 aromatic heterocycles. The smallest absolute Gasteiger partial charge is 0.315 e. The van der Waals surface area contributed by atoms with Gasteiger partial charge in [-0.1, -0.05) is 46.5 Å². The second-order valence-corrected chi connectivity index (χ2v) is 16.1. The summed E-state index contributed by atoms with van der Waals surface area (Å²) in [6.07, 6.45) is 5.96. The third-order valence-electron chi connectivity index (χ3n) is 9.75. The van der Waals surface area contributed by atoms with Crippen molar-refractivity contribution in [3.05, 3.63) is 0 Å². The molecule has 4 rings (SSSR count). The van der Waals surface area contributed by atoms with Gasteiger partial charge in [0.25, 0.3) is 5.91 Å². The Balaban J connectivity index is 1.63. The van der Waals surface area contributed by atoms with E-state index in [4.69, 9.17) is 28.9 Å². The highest BCUT2D eigenvalue weighted by Gasteiger charge is 2.89. The summed E-state index contributed by atoms with van der Waals surface area (Å²) in [6, 6.07) is -3.52. The lowest BCUT2D eigenvalue weighted by Crippen LogP contribution is -2.61. The average molecular weight is 615 g/mol. The first kappa shape index (κ1) is 31.9. The Bertz CT molecular complexity index is 1120. The Kier molecular flexibility index (Phi) is 8.22. The number of Topliss-reactive ketones (excluding diaryl/α,β-unsaturated/α-hetero) is 1. The number of urea groups is 1. The minimum atomic E-state index is -1.11. The zero-order valence-electron chi connectivity index (χ0n) is 25.0. The molecule has 10 nitrogen and oxygen atoms in total. The molecule has 1 aliphatic heterocycles. The molecular formula is C29H45Cl2N5O5. The van der Waals surface area contributed by atoms with Crippen molar-refractivity contribution in [2.45, 2.75) is 121 Å². The lowest BCUT2D eigenvalue weighted by atomic mass is 9.74. The standard InChI is InChI=1S/C29H45Cl2N5O5/c1-25(2,3)20(34-24(41)35-26(4,5)6)23(40)36-15-28(27(11-8-12-27)29(28,30)31)14-18(36)22(39)33-17(19(37)21(32)38)13-16-9-7-10-16/h16-18,20H,7-15H2,1-6H3,(H2,32,38)(H,33,39)(H2,34,35,41)/t17?,18-,20+,28-/m0/s1. The van der Waals surface area contributed by atoms with E-state index in [1.165, 1.54) is 4.90 Å². The number of nitrogens with zero attached hydrogens (tertiary/aromatic N) is 1. The number of alkyl halides is 2. The maximum atomic E-state index is 14.3. The van der Waals surface area contributed by atoms with Crippen LogP contribution in [0.4, 0.5) is 4.79 Å². The van der Waals surface area contributed by atoms with Crippen LogP contribution in [0.15, 0.2) is 0 Å². The number of nitrogens with one attached hydrogen (secondary N) is 3. The number of fused-ring (bicyclic) bond motifs is 1. The lowest BCUT2D eigenvalue weighted by molar-refractivity contribution is -0.143. The molecule has 0 aromatic carbocycles. The van der Waals surface area contributed by atoms with Gasteiger partial charge >= 0.3 is 6.03 Å². The van der Waals surface area contributed by atoms with E-state index in [-0.39, 0.29) is 24.3 Å². The molecule has 41 heavy (non-hydrogen) atoms. The van der Waals surface area contributed by atoms with Crippen molar-refractivity contribution in [1.82, 2.24) is 20.9 Å². The van der Waals surface area contributed by atoms with Crippen molar-refractivity contribution >= 4 is 52.7 Å². The molecule has 0 bridgehead atoms. The Morgan fingerprint density at radius 1 is 0.951 bits per heavy atom. The summed E-state index contributed by atoms with van der Waals surface area (Å²) in [6.45, 7) is 11.2. The van der Waals surface area contributed by atoms with Crippen LogP contribution in [0.2, 0.25) is 0 Å². The minimum Gasteiger partial charge on any atom is -0.363 e. The van der Waals surface area contributed by atoms with Gasteiger partial charge in [-0.25, -0.2) is 4.79 Å². The number of nitrogens with two attached hydrogens (primary N) is 1. The predicted octanol–water partition coefficient (Wildman–Crippen LogP) is 3.17. The maximum Gasteiger partial charge on any atom is 0.315 e. The topological polar surface area (TPSA) is 151 Å². The number of amides is 5. The number of carbonyl (C=O) groups excluding carboxylic acids is 5. The molecule has 3 saturated carbocycles. The summed E-state index contributed by atoms with van der Waals surface area (Å²) in [7, 11) is 0. The molecule has 230 valence electrons. The fraction of sp³-hybridized carbons (Fsp3) is 0.828. The summed E-state index contributed by atoms with van der Waals surface area (Å²) in [4.78, 5) is 67.1. The molecule has 5 amide bonds. The van der Waals surface area contributed by atoms with Crippen LogP contribution in [0.25, 0.3) is 0 Å². The van der Waals surface area contributed by atoms with Crippen molar-refractivity contribution < 1.29 is 24.0 Å². The summed E-state index contributed by atoms with van der Waals surface area (Å²) < 4.78 is -1.10. The third kappa shape index (κ3) is 5.55. The molecule has 0 aromatic rings. The zero-order valence-corrected chi connectivity index (χ0v) is 26.5. The van der Waals surface area contributed by atoms with Gasteiger partial charge in [0.2, 0.25) is 17.6 Å². The highest BCUT2D eigenvalue weighted by Crippen LogP contribution is 2.87. The molecule has 3 aliphatic carbocycles. The summed E-state index contributed by atoms with van der Waals surface area (Å²) in [5, 5.41) is 8.42. The van der Waals surface area contributed by atoms with Crippen LogP contribution >= 0.6 is 23.2 Å². The molecule has 1 saturated heterocycles. The van der Waals surface area contributed by atoms with Crippen LogP contribution in [0.5, 0.6) is 0 Å². The molecule has 2 spiro atoms. The van der Waals surface area contributed by atoms with Gasteiger partial charge in [-0.05, 0) is 57.8 Å². The normalized spacial score (nSPS) is 27.8. The van der Waals surface area contributed by atoms with Gasteiger partial charge in [0.05, 0.1) is 6.04 Å². The van der Waals surface area contributed by atoms with E-state index in [9.17, 15) is 24.0 Å². The molecule has 4 atom stereocenters. The number of ketones is 1. The number of primary amides is 1. The predicted molar refractivity (Wildman–Crippen MR) is 156 cm³/mol. The van der Waals surface area contributed by atoms with E-state index in [2.05, 4.69) is 16.0 Å². The number of hydrogen-bond acceptors (Lipinski definition) is 5. The quantitative estimate of drug-likeness (QED) is 0.245. The third-order valence-corrected chi connectivity index (χ3v) is 11.2. The highest BCUT2D eigenvalue weighted by atomic mass is 35.5. The number of halogens is 2. The molecule has 1 heterocycles. The van der Waals surface area contributed by atoms with Gasteiger partial charge in [-0.3, -0.25) is 19.2 Å². The van der Waals surface area contributed by atoms with Gasteiger partial charge < -0.3 is 26.6 Å². The molecule has 12 heteroatoms. The van der Waals surface area contributed by atoms with Gasteiger partial charge in [0.15, 0.2) is 0 Å².